The maximum Gasteiger partial charge on any atom is 0.243 e. The number of amides is 2. The van der Waals surface area contributed by atoms with Gasteiger partial charge in [0.05, 0.1) is 4.90 Å². The van der Waals surface area contributed by atoms with Crippen LogP contribution in [0, 0.1) is 11.8 Å². The number of nitrogens with zero attached hydrogens (tertiary/aromatic N) is 2. The molecule has 2 saturated heterocycles. The number of benzene rings is 1. The fraction of sp³-hybridized carbons (Fsp3) is 0.636. The molecule has 3 aliphatic heterocycles. The van der Waals surface area contributed by atoms with Gasteiger partial charge < -0.3 is 20.1 Å². The average Bonchev–Trinajstić information content (AvgIpc) is 2.82. The Morgan fingerprint density at radius 2 is 1.75 bits per heavy atom. The third-order valence-electron chi connectivity index (χ3n) is 6.58. The highest BCUT2D eigenvalue weighted by atomic mass is 32.2. The number of carbonyl (C=O) groups is 2. The molecule has 10 heteroatoms. The number of carbonyl (C=O) groups excluding carboxylic acids is 2. The topological polar surface area (TPSA) is 119 Å². The van der Waals surface area contributed by atoms with Gasteiger partial charge in [-0.2, -0.15) is 4.31 Å². The molecule has 2 amide bonds. The molecular weight excluding hydrogens is 434 g/mol. The van der Waals surface area contributed by atoms with Crippen LogP contribution in [0.4, 0.5) is 0 Å². The predicted molar refractivity (Wildman–Crippen MR) is 117 cm³/mol. The Bertz CT molecular complexity index is 958. The van der Waals surface area contributed by atoms with Gasteiger partial charge in [0, 0.05) is 44.6 Å². The first-order valence-corrected chi connectivity index (χ1v) is 12.8. The lowest BCUT2D eigenvalue weighted by atomic mass is 9.90. The highest BCUT2D eigenvalue weighted by molar-refractivity contribution is 7.89. The van der Waals surface area contributed by atoms with Gasteiger partial charge in [-0.15, -0.1) is 0 Å². The van der Waals surface area contributed by atoms with E-state index in [4.69, 9.17) is 15.2 Å². The Morgan fingerprint density at radius 1 is 1.03 bits per heavy atom. The van der Waals surface area contributed by atoms with Crippen molar-refractivity contribution in [1.29, 1.82) is 0 Å². The summed E-state index contributed by atoms with van der Waals surface area (Å²) in [6.45, 7) is 2.84. The second-order valence-electron chi connectivity index (χ2n) is 8.78. The molecule has 32 heavy (non-hydrogen) atoms. The number of likely N-dealkylation sites (tertiary alicyclic amines) is 1. The number of sulfonamides is 1. The van der Waals surface area contributed by atoms with E-state index in [9.17, 15) is 18.0 Å². The van der Waals surface area contributed by atoms with Gasteiger partial charge in [0.1, 0.15) is 13.2 Å². The Kier molecular flexibility index (Phi) is 6.90. The van der Waals surface area contributed by atoms with Crippen molar-refractivity contribution in [3.8, 4) is 11.5 Å². The minimum atomic E-state index is -3.66. The molecule has 1 aromatic rings. The molecule has 0 radical (unpaired) electrons. The van der Waals surface area contributed by atoms with E-state index in [1.165, 1.54) is 10.4 Å². The van der Waals surface area contributed by atoms with Gasteiger partial charge in [-0.1, -0.05) is 0 Å². The zero-order valence-corrected chi connectivity index (χ0v) is 19.0. The number of ether oxygens (including phenoxy) is 2. The van der Waals surface area contributed by atoms with Crippen LogP contribution in [0.5, 0.6) is 11.5 Å². The fourth-order valence-corrected chi connectivity index (χ4v) is 6.27. The molecule has 0 aromatic heterocycles. The zero-order chi connectivity index (χ0) is 22.7. The Labute approximate surface area is 188 Å². The third kappa shape index (κ3) is 5.01. The lowest BCUT2D eigenvalue weighted by Crippen LogP contribution is -2.47. The predicted octanol–water partition coefficient (Wildman–Crippen LogP) is 1.36. The smallest absolute Gasteiger partial charge is 0.243 e. The van der Waals surface area contributed by atoms with E-state index in [1.807, 2.05) is 4.90 Å². The summed E-state index contributed by atoms with van der Waals surface area (Å²) in [5, 5.41) is 0. The maximum absolute atomic E-state index is 13.1. The number of hydrogen-bond donors (Lipinski definition) is 1. The van der Waals surface area contributed by atoms with Crippen molar-refractivity contribution in [2.75, 3.05) is 39.4 Å². The Morgan fingerprint density at radius 3 is 2.47 bits per heavy atom. The summed E-state index contributed by atoms with van der Waals surface area (Å²) in [4.78, 5) is 26.2. The van der Waals surface area contributed by atoms with Gasteiger partial charge in [0.2, 0.25) is 21.8 Å². The first-order valence-electron chi connectivity index (χ1n) is 11.3. The first kappa shape index (κ1) is 22.8. The molecule has 0 bridgehead atoms. The standard InChI is InChI=1S/C22H31N3O6S/c23-21(26)6-3-16-2-1-9-24(15-16)22(27)17-7-10-25(11-8-17)32(28,29)18-4-5-19-20(14-18)31-13-12-30-19/h4-5,14,16-17H,1-3,6-13,15H2,(H2,23,26). The van der Waals surface area contributed by atoms with E-state index in [1.54, 1.807) is 12.1 Å². The number of hydrogen-bond acceptors (Lipinski definition) is 6. The Hall–Kier alpha value is -2.33. The molecule has 0 aliphatic carbocycles. The summed E-state index contributed by atoms with van der Waals surface area (Å²) in [5.41, 5.74) is 5.26. The lowest BCUT2D eigenvalue weighted by molar-refractivity contribution is -0.138. The minimum absolute atomic E-state index is 0.102. The molecule has 1 aromatic carbocycles. The molecular formula is C22H31N3O6S. The monoisotopic (exact) mass is 465 g/mol. The quantitative estimate of drug-likeness (QED) is 0.678. The van der Waals surface area contributed by atoms with Crippen molar-refractivity contribution in [2.24, 2.45) is 17.6 Å². The molecule has 0 spiro atoms. The molecule has 1 atom stereocenters. The molecule has 3 heterocycles. The van der Waals surface area contributed by atoms with E-state index < -0.39 is 10.0 Å². The summed E-state index contributed by atoms with van der Waals surface area (Å²) < 4.78 is 38.7. The molecule has 2 fully saturated rings. The zero-order valence-electron chi connectivity index (χ0n) is 18.2. The van der Waals surface area contributed by atoms with E-state index in [2.05, 4.69) is 0 Å². The lowest BCUT2D eigenvalue weighted by Gasteiger charge is -2.37. The van der Waals surface area contributed by atoms with Gasteiger partial charge in [-0.3, -0.25) is 9.59 Å². The van der Waals surface area contributed by atoms with E-state index >= 15 is 0 Å². The number of nitrogens with two attached hydrogens (primary N) is 1. The van der Waals surface area contributed by atoms with E-state index in [0.29, 0.717) is 75.9 Å². The summed E-state index contributed by atoms with van der Waals surface area (Å²) in [6.07, 6.45) is 4.00. The van der Waals surface area contributed by atoms with Crippen LogP contribution in [0.3, 0.4) is 0 Å². The van der Waals surface area contributed by atoms with Crippen molar-refractivity contribution in [1.82, 2.24) is 9.21 Å². The van der Waals surface area contributed by atoms with Crippen LogP contribution in [0.25, 0.3) is 0 Å². The Balaban J connectivity index is 1.34. The van der Waals surface area contributed by atoms with Crippen LogP contribution < -0.4 is 15.2 Å². The van der Waals surface area contributed by atoms with Gasteiger partial charge in [0.25, 0.3) is 0 Å². The second kappa shape index (κ2) is 9.66. The number of rotatable bonds is 6. The van der Waals surface area contributed by atoms with Gasteiger partial charge in [0.15, 0.2) is 11.5 Å². The van der Waals surface area contributed by atoms with Crippen molar-refractivity contribution in [3.05, 3.63) is 18.2 Å². The molecule has 1 unspecified atom stereocenters. The van der Waals surface area contributed by atoms with Crippen LogP contribution in [-0.2, 0) is 19.6 Å². The first-order chi connectivity index (χ1) is 15.3. The normalized spacial score (nSPS) is 22.5. The maximum atomic E-state index is 13.1. The SMILES string of the molecule is NC(=O)CCC1CCCN(C(=O)C2CCN(S(=O)(=O)c3ccc4c(c3)OCCO4)CC2)C1. The molecule has 176 valence electrons. The van der Waals surface area contributed by atoms with Crippen molar-refractivity contribution >= 4 is 21.8 Å². The van der Waals surface area contributed by atoms with Crippen LogP contribution in [0.2, 0.25) is 0 Å². The van der Waals surface area contributed by atoms with Gasteiger partial charge in [-0.05, 0) is 50.2 Å². The molecule has 4 rings (SSSR count). The van der Waals surface area contributed by atoms with Crippen LogP contribution in [0.15, 0.2) is 23.1 Å². The fourth-order valence-electron chi connectivity index (χ4n) is 4.78. The summed E-state index contributed by atoms with van der Waals surface area (Å²) >= 11 is 0. The largest absolute Gasteiger partial charge is 0.486 e. The summed E-state index contributed by atoms with van der Waals surface area (Å²) in [7, 11) is -3.66. The van der Waals surface area contributed by atoms with Crippen molar-refractivity contribution in [2.45, 2.75) is 43.4 Å². The highest BCUT2D eigenvalue weighted by Crippen LogP contribution is 2.34. The highest BCUT2D eigenvalue weighted by Gasteiger charge is 2.35. The summed E-state index contributed by atoms with van der Waals surface area (Å²) in [5.74, 6) is 0.922. The molecule has 3 aliphatic rings. The summed E-state index contributed by atoms with van der Waals surface area (Å²) in [6, 6.07) is 4.68. The minimum Gasteiger partial charge on any atom is -0.486 e. The molecule has 9 nitrogen and oxygen atoms in total. The van der Waals surface area contributed by atoms with Crippen molar-refractivity contribution in [3.63, 3.8) is 0 Å². The van der Waals surface area contributed by atoms with Gasteiger partial charge >= 0.3 is 0 Å². The van der Waals surface area contributed by atoms with Crippen molar-refractivity contribution < 1.29 is 27.5 Å². The number of fused-ring (bicyclic) bond motifs is 1. The number of piperidine rings is 2. The molecule has 0 saturated carbocycles. The number of primary amides is 1. The molecule has 2 N–H and O–H groups in total. The second-order valence-corrected chi connectivity index (χ2v) is 10.7. The van der Waals surface area contributed by atoms with Crippen LogP contribution >= 0.6 is 0 Å². The van der Waals surface area contributed by atoms with Gasteiger partial charge in [-0.25, -0.2) is 8.42 Å². The van der Waals surface area contributed by atoms with E-state index in [-0.39, 0.29) is 22.6 Å². The average molecular weight is 466 g/mol. The van der Waals surface area contributed by atoms with E-state index in [0.717, 1.165) is 19.4 Å². The van der Waals surface area contributed by atoms with Crippen LogP contribution in [0.1, 0.15) is 38.5 Å². The van der Waals surface area contributed by atoms with Crippen LogP contribution in [-0.4, -0.2) is 68.8 Å². The third-order valence-corrected chi connectivity index (χ3v) is 8.48.